The Labute approximate surface area is 171 Å². The average molecular weight is 421 g/mol. The molecule has 1 saturated heterocycles. The van der Waals surface area contributed by atoms with Crippen molar-refractivity contribution in [3.05, 3.63) is 12.2 Å². The highest BCUT2D eigenvalue weighted by Gasteiger charge is 2.45. The molecular formula is C22H35F3O4. The van der Waals surface area contributed by atoms with E-state index in [1.54, 1.807) is 13.0 Å². The van der Waals surface area contributed by atoms with Crippen molar-refractivity contribution < 1.29 is 32.9 Å². The molecule has 2 aliphatic rings. The molecule has 0 bridgehead atoms. The summed E-state index contributed by atoms with van der Waals surface area (Å²) in [6.45, 7) is 3.54. The van der Waals surface area contributed by atoms with Crippen LogP contribution >= 0.6 is 0 Å². The number of ether oxygens (including phenoxy) is 1. The zero-order valence-electron chi connectivity index (χ0n) is 17.4. The van der Waals surface area contributed by atoms with E-state index in [1.165, 1.54) is 6.08 Å². The highest BCUT2D eigenvalue weighted by atomic mass is 19.4. The first-order valence-electron chi connectivity index (χ1n) is 10.9. The molecule has 1 aliphatic heterocycles. The van der Waals surface area contributed by atoms with Crippen LogP contribution < -0.4 is 0 Å². The number of aliphatic hydroxyl groups is 1. The van der Waals surface area contributed by atoms with Crippen molar-refractivity contribution in [3.63, 3.8) is 0 Å². The fourth-order valence-electron chi connectivity index (χ4n) is 4.71. The second-order valence-electron chi connectivity index (χ2n) is 8.77. The van der Waals surface area contributed by atoms with Crippen LogP contribution in [0.2, 0.25) is 0 Å². The molecule has 168 valence electrons. The number of halogens is 3. The number of unbranched alkanes of at least 4 members (excludes halogenated alkanes) is 1. The van der Waals surface area contributed by atoms with Gasteiger partial charge in [-0.05, 0) is 50.4 Å². The number of carbonyl (C=O) groups is 1. The number of aliphatic carboxylic acids is 1. The monoisotopic (exact) mass is 420 g/mol. The molecular weight excluding hydrogens is 385 g/mol. The van der Waals surface area contributed by atoms with E-state index in [2.05, 4.69) is 0 Å². The number of rotatable bonds is 11. The third-order valence-electron chi connectivity index (χ3n) is 6.56. The topological polar surface area (TPSA) is 66.8 Å². The lowest BCUT2D eigenvalue weighted by Crippen LogP contribution is -2.33. The molecule has 2 rings (SSSR count). The first-order valence-corrected chi connectivity index (χ1v) is 10.9. The van der Waals surface area contributed by atoms with Gasteiger partial charge in [0.2, 0.25) is 0 Å². The predicted octanol–water partition coefficient (Wildman–Crippen LogP) is 5.35. The van der Waals surface area contributed by atoms with Crippen molar-refractivity contribution in [2.75, 3.05) is 0 Å². The van der Waals surface area contributed by atoms with Gasteiger partial charge in [0, 0.05) is 0 Å². The first kappa shape index (κ1) is 24.2. The highest BCUT2D eigenvalue weighted by molar-refractivity contribution is 5.69. The van der Waals surface area contributed by atoms with Gasteiger partial charge < -0.3 is 14.9 Å². The Kier molecular flexibility index (Phi) is 9.01. The quantitative estimate of drug-likeness (QED) is 0.443. The normalized spacial score (nSPS) is 30.4. The molecule has 0 aromatic heterocycles. The van der Waals surface area contributed by atoms with Crippen LogP contribution in [0.25, 0.3) is 0 Å². The van der Waals surface area contributed by atoms with Crippen LogP contribution in [0, 0.1) is 23.7 Å². The number of hydrogen-bond donors (Lipinski definition) is 2. The van der Waals surface area contributed by atoms with E-state index < -0.39 is 24.2 Å². The Morgan fingerprint density at radius 3 is 2.59 bits per heavy atom. The maximum atomic E-state index is 13.2. The van der Waals surface area contributed by atoms with Crippen molar-refractivity contribution >= 4 is 5.97 Å². The van der Waals surface area contributed by atoms with Gasteiger partial charge in [-0.15, -0.1) is 0 Å². The molecule has 0 aromatic rings. The number of alkyl halides is 3. The minimum atomic E-state index is -4.40. The van der Waals surface area contributed by atoms with Gasteiger partial charge in [-0.2, -0.15) is 13.2 Å². The standard InChI is InChI=1S/C22H35F3O4/c1-3-4-8-18(22(23,24)25)19(26)11-9-15-10-12-20-17(15)13-16(29-20)7-5-6-14(2)21(27)28/h9,11,14-20,26H,3-8,10,12-13H2,1-2H3,(H,27,28)/t14?,15-,16-,17+,18+,19+,20-/m0/s1. The zero-order valence-corrected chi connectivity index (χ0v) is 17.4. The Hall–Kier alpha value is -1.08. The molecule has 1 saturated carbocycles. The molecule has 2 N–H and O–H groups in total. The first-order chi connectivity index (χ1) is 13.6. The summed E-state index contributed by atoms with van der Waals surface area (Å²) in [6, 6.07) is 0. The number of allylic oxidation sites excluding steroid dienone is 1. The number of carboxylic acid groups (broad SMARTS) is 1. The third kappa shape index (κ3) is 6.99. The summed E-state index contributed by atoms with van der Waals surface area (Å²) in [6.07, 6.45) is 3.35. The lowest BCUT2D eigenvalue weighted by molar-refractivity contribution is -0.195. The lowest BCUT2D eigenvalue weighted by atomic mass is 9.88. The molecule has 1 heterocycles. The molecule has 0 spiro atoms. The van der Waals surface area contributed by atoms with Crippen molar-refractivity contribution in [2.24, 2.45) is 23.7 Å². The number of hydrogen-bond acceptors (Lipinski definition) is 3. The Morgan fingerprint density at radius 1 is 1.24 bits per heavy atom. The average Bonchev–Trinajstić information content (AvgIpc) is 3.19. The van der Waals surface area contributed by atoms with Crippen LogP contribution in [0.1, 0.15) is 71.6 Å². The van der Waals surface area contributed by atoms with E-state index in [9.17, 15) is 23.1 Å². The van der Waals surface area contributed by atoms with Gasteiger partial charge in [0.15, 0.2) is 0 Å². The van der Waals surface area contributed by atoms with Crippen LogP contribution in [-0.4, -0.2) is 40.7 Å². The van der Waals surface area contributed by atoms with Crippen LogP contribution in [0.15, 0.2) is 12.2 Å². The Morgan fingerprint density at radius 2 is 1.97 bits per heavy atom. The Bertz CT molecular complexity index is 549. The van der Waals surface area contributed by atoms with Crippen LogP contribution in [-0.2, 0) is 9.53 Å². The summed E-state index contributed by atoms with van der Waals surface area (Å²) in [5.74, 6) is -2.44. The van der Waals surface area contributed by atoms with E-state index >= 15 is 0 Å². The SMILES string of the molecule is CCCC[C@H]([C@H](O)C=C[C@H]1CC[C@@H]2O[C@@H](CCCC(C)C(=O)O)C[C@@H]21)C(F)(F)F. The minimum absolute atomic E-state index is 0.0534. The molecule has 1 aliphatic carbocycles. The fourth-order valence-corrected chi connectivity index (χ4v) is 4.71. The fraction of sp³-hybridized carbons (Fsp3) is 0.864. The van der Waals surface area contributed by atoms with Crippen molar-refractivity contribution in [2.45, 2.75) is 96.1 Å². The van der Waals surface area contributed by atoms with E-state index in [1.807, 2.05) is 6.92 Å². The van der Waals surface area contributed by atoms with Gasteiger partial charge in [-0.1, -0.05) is 45.3 Å². The Balaban J connectivity index is 1.85. The summed E-state index contributed by atoms with van der Waals surface area (Å²) >= 11 is 0. The maximum Gasteiger partial charge on any atom is 0.394 e. The molecule has 7 atom stereocenters. The van der Waals surface area contributed by atoms with E-state index in [-0.39, 0.29) is 36.4 Å². The van der Waals surface area contributed by atoms with Crippen LogP contribution in [0.5, 0.6) is 0 Å². The molecule has 4 nitrogen and oxygen atoms in total. The summed E-state index contributed by atoms with van der Waals surface area (Å²) in [4.78, 5) is 10.9. The maximum absolute atomic E-state index is 13.2. The third-order valence-corrected chi connectivity index (χ3v) is 6.56. The number of carboxylic acids is 1. The number of fused-ring (bicyclic) bond motifs is 1. The second-order valence-corrected chi connectivity index (χ2v) is 8.77. The van der Waals surface area contributed by atoms with Gasteiger partial charge in [0.1, 0.15) is 0 Å². The van der Waals surface area contributed by atoms with Gasteiger partial charge >= 0.3 is 12.1 Å². The molecule has 7 heteroatoms. The predicted molar refractivity (Wildman–Crippen MR) is 104 cm³/mol. The molecule has 0 radical (unpaired) electrons. The molecule has 0 amide bonds. The van der Waals surface area contributed by atoms with Gasteiger partial charge in [0.05, 0.1) is 30.1 Å². The molecule has 29 heavy (non-hydrogen) atoms. The van der Waals surface area contributed by atoms with Gasteiger partial charge in [-0.3, -0.25) is 4.79 Å². The van der Waals surface area contributed by atoms with E-state index in [0.717, 1.165) is 32.1 Å². The van der Waals surface area contributed by atoms with Crippen molar-refractivity contribution in [1.82, 2.24) is 0 Å². The van der Waals surface area contributed by atoms with Crippen LogP contribution in [0.3, 0.4) is 0 Å². The largest absolute Gasteiger partial charge is 0.481 e. The van der Waals surface area contributed by atoms with Crippen molar-refractivity contribution in [1.29, 1.82) is 0 Å². The minimum Gasteiger partial charge on any atom is -0.481 e. The summed E-state index contributed by atoms with van der Waals surface area (Å²) in [5.41, 5.74) is 0. The molecule has 0 aromatic carbocycles. The smallest absolute Gasteiger partial charge is 0.394 e. The highest BCUT2D eigenvalue weighted by Crippen LogP contribution is 2.45. The van der Waals surface area contributed by atoms with Crippen LogP contribution in [0.4, 0.5) is 13.2 Å². The summed E-state index contributed by atoms with van der Waals surface area (Å²) in [7, 11) is 0. The lowest BCUT2D eigenvalue weighted by Gasteiger charge is -2.24. The van der Waals surface area contributed by atoms with Gasteiger partial charge in [-0.25, -0.2) is 0 Å². The second kappa shape index (κ2) is 10.8. The van der Waals surface area contributed by atoms with Crippen molar-refractivity contribution in [3.8, 4) is 0 Å². The summed E-state index contributed by atoms with van der Waals surface area (Å²) in [5, 5.41) is 19.1. The number of aliphatic hydroxyl groups excluding tert-OH is 1. The van der Waals surface area contributed by atoms with E-state index in [0.29, 0.717) is 19.3 Å². The van der Waals surface area contributed by atoms with Gasteiger partial charge in [0.25, 0.3) is 0 Å². The zero-order chi connectivity index (χ0) is 21.6. The molecule has 2 fully saturated rings. The summed E-state index contributed by atoms with van der Waals surface area (Å²) < 4.78 is 45.8. The molecule has 1 unspecified atom stereocenters. The van der Waals surface area contributed by atoms with E-state index in [4.69, 9.17) is 9.84 Å².